The van der Waals surface area contributed by atoms with Gasteiger partial charge in [-0.2, -0.15) is 5.26 Å². The lowest BCUT2D eigenvalue weighted by atomic mass is 10.2. The highest BCUT2D eigenvalue weighted by atomic mass is 16.7. The topological polar surface area (TPSA) is 42.2 Å². The van der Waals surface area contributed by atoms with Crippen molar-refractivity contribution in [1.82, 2.24) is 0 Å². The van der Waals surface area contributed by atoms with Gasteiger partial charge < -0.3 is 9.47 Å². The molecule has 0 unspecified atom stereocenters. The third-order valence-corrected chi connectivity index (χ3v) is 1.68. The fourth-order valence-electron chi connectivity index (χ4n) is 1.08. The van der Waals surface area contributed by atoms with Gasteiger partial charge in [-0.3, -0.25) is 0 Å². The van der Waals surface area contributed by atoms with Gasteiger partial charge in [0.05, 0.1) is 6.07 Å². The van der Waals surface area contributed by atoms with Crippen molar-refractivity contribution in [2.75, 3.05) is 6.61 Å². The van der Waals surface area contributed by atoms with Crippen molar-refractivity contribution in [3.8, 4) is 6.07 Å². The van der Waals surface area contributed by atoms with Gasteiger partial charge in [-0.1, -0.05) is 0 Å². The van der Waals surface area contributed by atoms with Crippen molar-refractivity contribution >= 4 is 0 Å². The Labute approximate surface area is 66.9 Å². The van der Waals surface area contributed by atoms with Crippen LogP contribution in [0.4, 0.5) is 0 Å². The molecule has 3 nitrogen and oxygen atoms in total. The summed E-state index contributed by atoms with van der Waals surface area (Å²) in [6.45, 7) is 2.50. The van der Waals surface area contributed by atoms with Crippen molar-refractivity contribution in [2.24, 2.45) is 0 Å². The van der Waals surface area contributed by atoms with Crippen LogP contribution in [0.15, 0.2) is 0 Å². The Morgan fingerprint density at radius 3 is 3.00 bits per heavy atom. The molecular formula is C8H13NO2. The van der Waals surface area contributed by atoms with E-state index >= 15 is 0 Å². The van der Waals surface area contributed by atoms with E-state index in [0.717, 1.165) is 25.9 Å². The van der Waals surface area contributed by atoms with E-state index in [1.54, 1.807) is 6.92 Å². The largest absolute Gasteiger partial charge is 0.353 e. The van der Waals surface area contributed by atoms with Gasteiger partial charge in [0.2, 0.25) is 0 Å². The number of nitrogens with zero attached hydrogens (tertiary/aromatic N) is 1. The zero-order chi connectivity index (χ0) is 8.10. The van der Waals surface area contributed by atoms with Crippen LogP contribution in [0, 0.1) is 11.3 Å². The fourth-order valence-corrected chi connectivity index (χ4v) is 1.08. The van der Waals surface area contributed by atoms with Gasteiger partial charge in [0, 0.05) is 6.61 Å². The summed E-state index contributed by atoms with van der Waals surface area (Å²) in [6, 6.07) is 2.01. The smallest absolute Gasteiger partial charge is 0.159 e. The third-order valence-electron chi connectivity index (χ3n) is 1.68. The molecule has 0 aromatic rings. The van der Waals surface area contributed by atoms with E-state index in [0.29, 0.717) is 0 Å². The van der Waals surface area contributed by atoms with E-state index in [2.05, 4.69) is 0 Å². The molecule has 0 N–H and O–H groups in total. The average Bonchev–Trinajstić information content (AvgIpc) is 2.06. The second kappa shape index (κ2) is 4.32. The number of rotatable bonds is 2. The van der Waals surface area contributed by atoms with Crippen molar-refractivity contribution in [3.05, 3.63) is 0 Å². The molecule has 1 saturated heterocycles. The summed E-state index contributed by atoms with van der Waals surface area (Å²) >= 11 is 0. The lowest BCUT2D eigenvalue weighted by molar-refractivity contribution is -0.173. The maximum absolute atomic E-state index is 8.43. The molecule has 0 aliphatic carbocycles. The van der Waals surface area contributed by atoms with Crippen molar-refractivity contribution in [2.45, 2.75) is 38.6 Å². The predicted octanol–water partition coefficient (Wildman–Crippen LogP) is 1.44. The second-order valence-corrected chi connectivity index (χ2v) is 2.70. The molecule has 0 radical (unpaired) electrons. The van der Waals surface area contributed by atoms with Gasteiger partial charge in [-0.05, 0) is 26.2 Å². The molecule has 1 fully saturated rings. The van der Waals surface area contributed by atoms with E-state index in [1.165, 1.54) is 0 Å². The Kier molecular flexibility index (Phi) is 3.34. The van der Waals surface area contributed by atoms with Crippen molar-refractivity contribution in [1.29, 1.82) is 5.26 Å². The van der Waals surface area contributed by atoms with Crippen LogP contribution >= 0.6 is 0 Å². The zero-order valence-corrected chi connectivity index (χ0v) is 6.75. The van der Waals surface area contributed by atoms with Crippen LogP contribution in [0.5, 0.6) is 0 Å². The number of hydrogen-bond acceptors (Lipinski definition) is 3. The first-order chi connectivity index (χ1) is 5.33. The highest BCUT2D eigenvalue weighted by Crippen LogP contribution is 2.14. The molecule has 0 spiro atoms. The Hall–Kier alpha value is -0.590. The molecule has 62 valence electrons. The standard InChI is InChI=1S/C8H13NO2/c1-7(6-9)11-8-4-2-3-5-10-8/h7-8H,2-5H2,1H3/t7-,8-/m0/s1. The molecule has 3 heteroatoms. The van der Waals surface area contributed by atoms with Gasteiger partial charge in [-0.25, -0.2) is 0 Å². The average molecular weight is 155 g/mol. The van der Waals surface area contributed by atoms with E-state index in [9.17, 15) is 0 Å². The summed E-state index contributed by atoms with van der Waals surface area (Å²) in [5, 5.41) is 8.43. The molecule has 1 aliphatic rings. The van der Waals surface area contributed by atoms with Crippen LogP contribution in [-0.2, 0) is 9.47 Å². The lowest BCUT2D eigenvalue weighted by Crippen LogP contribution is -2.25. The zero-order valence-electron chi connectivity index (χ0n) is 6.75. The monoisotopic (exact) mass is 155 g/mol. The van der Waals surface area contributed by atoms with Gasteiger partial charge in [0.15, 0.2) is 6.29 Å². The minimum Gasteiger partial charge on any atom is -0.353 e. The highest BCUT2D eigenvalue weighted by molar-refractivity contribution is 4.79. The summed E-state index contributed by atoms with van der Waals surface area (Å²) in [5.74, 6) is 0. The predicted molar refractivity (Wildman–Crippen MR) is 39.8 cm³/mol. The molecule has 1 rings (SSSR count). The van der Waals surface area contributed by atoms with Crippen LogP contribution in [0.25, 0.3) is 0 Å². The first kappa shape index (κ1) is 8.51. The first-order valence-corrected chi connectivity index (χ1v) is 3.99. The molecule has 1 heterocycles. The molecule has 11 heavy (non-hydrogen) atoms. The van der Waals surface area contributed by atoms with Gasteiger partial charge >= 0.3 is 0 Å². The number of ether oxygens (including phenoxy) is 2. The van der Waals surface area contributed by atoms with E-state index < -0.39 is 0 Å². The van der Waals surface area contributed by atoms with Gasteiger partial charge in [-0.15, -0.1) is 0 Å². The van der Waals surface area contributed by atoms with Crippen LogP contribution in [-0.4, -0.2) is 19.0 Å². The van der Waals surface area contributed by atoms with E-state index in [1.807, 2.05) is 6.07 Å². The Balaban J connectivity index is 2.20. The summed E-state index contributed by atoms with van der Waals surface area (Å²) in [4.78, 5) is 0. The molecule has 1 aliphatic heterocycles. The Bertz CT molecular complexity index is 147. The SMILES string of the molecule is C[C@@H](C#N)O[C@H]1CCCCO1. The Morgan fingerprint density at radius 1 is 1.64 bits per heavy atom. The molecule has 0 saturated carbocycles. The van der Waals surface area contributed by atoms with Gasteiger partial charge in [0.1, 0.15) is 6.10 Å². The quantitative estimate of drug-likeness (QED) is 0.606. The minimum absolute atomic E-state index is 0.140. The van der Waals surface area contributed by atoms with Crippen LogP contribution in [0.3, 0.4) is 0 Å². The van der Waals surface area contributed by atoms with E-state index in [4.69, 9.17) is 14.7 Å². The summed E-state index contributed by atoms with van der Waals surface area (Å²) in [5.41, 5.74) is 0. The summed E-state index contributed by atoms with van der Waals surface area (Å²) in [6.07, 6.45) is 2.69. The van der Waals surface area contributed by atoms with Crippen LogP contribution in [0.1, 0.15) is 26.2 Å². The summed E-state index contributed by atoms with van der Waals surface area (Å²) in [7, 11) is 0. The number of hydrogen-bond donors (Lipinski definition) is 0. The van der Waals surface area contributed by atoms with Crippen LogP contribution < -0.4 is 0 Å². The number of nitriles is 1. The van der Waals surface area contributed by atoms with Crippen LogP contribution in [0.2, 0.25) is 0 Å². The molecule has 0 aromatic heterocycles. The van der Waals surface area contributed by atoms with E-state index in [-0.39, 0.29) is 12.4 Å². The Morgan fingerprint density at radius 2 is 2.45 bits per heavy atom. The van der Waals surface area contributed by atoms with Gasteiger partial charge in [0.25, 0.3) is 0 Å². The first-order valence-electron chi connectivity index (χ1n) is 3.99. The van der Waals surface area contributed by atoms with Crippen molar-refractivity contribution < 1.29 is 9.47 Å². The molecular weight excluding hydrogens is 142 g/mol. The highest BCUT2D eigenvalue weighted by Gasteiger charge is 2.16. The normalized spacial score (nSPS) is 27.5. The molecule has 2 atom stereocenters. The third kappa shape index (κ3) is 2.87. The molecule has 0 amide bonds. The fraction of sp³-hybridized carbons (Fsp3) is 0.875. The summed E-state index contributed by atoms with van der Waals surface area (Å²) < 4.78 is 10.5. The van der Waals surface area contributed by atoms with Crippen molar-refractivity contribution in [3.63, 3.8) is 0 Å². The maximum atomic E-state index is 8.43. The lowest BCUT2D eigenvalue weighted by Gasteiger charge is -2.23. The molecule has 0 bridgehead atoms. The minimum atomic E-state index is -0.349. The maximum Gasteiger partial charge on any atom is 0.159 e. The second-order valence-electron chi connectivity index (χ2n) is 2.70. The molecule has 0 aromatic carbocycles.